The number of amides is 1. The van der Waals surface area contributed by atoms with E-state index in [1.54, 1.807) is 24.3 Å². The number of benzene rings is 3. The van der Waals surface area contributed by atoms with Crippen LogP contribution in [0.1, 0.15) is 45.1 Å². The Hall–Kier alpha value is -3.32. The molecule has 0 saturated carbocycles. The van der Waals surface area contributed by atoms with Crippen LogP contribution in [-0.2, 0) is 16.6 Å². The van der Waals surface area contributed by atoms with E-state index in [4.69, 9.17) is 4.74 Å². The molecule has 0 fully saturated rings. The van der Waals surface area contributed by atoms with Crippen molar-refractivity contribution in [2.45, 2.75) is 47.2 Å². The highest BCUT2D eigenvalue weighted by atomic mass is 32.2. The first-order chi connectivity index (χ1) is 16.5. The molecule has 7 heteroatoms. The summed E-state index contributed by atoms with van der Waals surface area (Å²) in [7, 11) is -3.50. The number of carbonyl (C=O) groups excluding carboxylic acids is 1. The molecule has 0 saturated heterocycles. The molecule has 0 bridgehead atoms. The summed E-state index contributed by atoms with van der Waals surface area (Å²) in [4.78, 5) is 12.7. The molecule has 3 rings (SSSR count). The van der Waals surface area contributed by atoms with Gasteiger partial charge in [0.25, 0.3) is 5.91 Å². The summed E-state index contributed by atoms with van der Waals surface area (Å²) in [5, 5.41) is 2.95. The van der Waals surface area contributed by atoms with Gasteiger partial charge in [-0.1, -0.05) is 36.4 Å². The molecule has 0 aliphatic carbocycles. The molecule has 3 aromatic carbocycles. The van der Waals surface area contributed by atoms with Crippen molar-refractivity contribution in [2.24, 2.45) is 0 Å². The molecule has 0 aliphatic rings. The van der Waals surface area contributed by atoms with Crippen molar-refractivity contribution in [3.8, 4) is 5.75 Å². The number of ether oxygens (including phenoxy) is 1. The Morgan fingerprint density at radius 1 is 0.914 bits per heavy atom. The van der Waals surface area contributed by atoms with Crippen LogP contribution >= 0.6 is 0 Å². The van der Waals surface area contributed by atoms with Gasteiger partial charge in [0.1, 0.15) is 12.4 Å². The summed E-state index contributed by atoms with van der Waals surface area (Å²) in [5.74, 6) is 0.570. The predicted molar refractivity (Wildman–Crippen MR) is 142 cm³/mol. The van der Waals surface area contributed by atoms with Gasteiger partial charge in [-0.25, -0.2) is 8.42 Å². The number of nitrogens with zero attached hydrogens (tertiary/aromatic N) is 1. The van der Waals surface area contributed by atoms with Crippen LogP contribution in [0.5, 0.6) is 5.75 Å². The Balaban J connectivity index is 1.65. The smallest absolute Gasteiger partial charge is 0.251 e. The molecule has 6 nitrogen and oxygen atoms in total. The first-order valence-electron chi connectivity index (χ1n) is 11.6. The van der Waals surface area contributed by atoms with Crippen LogP contribution < -0.4 is 14.4 Å². The molecule has 0 aliphatic heterocycles. The van der Waals surface area contributed by atoms with Crippen LogP contribution in [0.2, 0.25) is 0 Å². The lowest BCUT2D eigenvalue weighted by molar-refractivity contribution is 0.0926. The van der Waals surface area contributed by atoms with Crippen molar-refractivity contribution in [1.29, 1.82) is 0 Å². The van der Waals surface area contributed by atoms with Gasteiger partial charge in [-0.05, 0) is 86.7 Å². The molecule has 1 atom stereocenters. The molecule has 1 amide bonds. The van der Waals surface area contributed by atoms with E-state index < -0.39 is 10.0 Å². The summed E-state index contributed by atoms with van der Waals surface area (Å²) >= 11 is 0. The number of sulfonamides is 1. The molecule has 0 spiro atoms. The second kappa shape index (κ2) is 11.0. The molecule has 35 heavy (non-hydrogen) atoms. The SMILES string of the molecule is Cc1ccc(OC[C@H](C)NC(=O)c2ccc(CN(c3c(C)cccc3C)S(C)(=O)=O)cc2)cc1C. The van der Waals surface area contributed by atoms with Crippen molar-refractivity contribution >= 4 is 21.6 Å². The second-order valence-electron chi connectivity index (χ2n) is 9.14. The average molecular weight is 495 g/mol. The highest BCUT2D eigenvalue weighted by Crippen LogP contribution is 2.28. The number of nitrogens with one attached hydrogen (secondary N) is 1. The summed E-state index contributed by atoms with van der Waals surface area (Å²) in [6.07, 6.45) is 1.21. The zero-order valence-corrected chi connectivity index (χ0v) is 22.1. The number of hydrogen-bond acceptors (Lipinski definition) is 4. The fourth-order valence-electron chi connectivity index (χ4n) is 3.86. The number of carbonyl (C=O) groups is 1. The molecular weight excluding hydrogens is 460 g/mol. The maximum absolute atomic E-state index is 12.7. The van der Waals surface area contributed by atoms with E-state index in [0.717, 1.165) is 28.0 Å². The van der Waals surface area contributed by atoms with Crippen molar-refractivity contribution in [3.05, 3.63) is 94.0 Å². The van der Waals surface area contributed by atoms with Gasteiger partial charge < -0.3 is 10.1 Å². The fraction of sp³-hybridized carbons (Fsp3) is 0.321. The number of para-hydroxylation sites is 1. The molecule has 0 radical (unpaired) electrons. The van der Waals surface area contributed by atoms with Crippen molar-refractivity contribution in [2.75, 3.05) is 17.2 Å². The quantitative estimate of drug-likeness (QED) is 0.450. The molecule has 1 N–H and O–H groups in total. The normalized spacial score (nSPS) is 12.2. The largest absolute Gasteiger partial charge is 0.491 e. The highest BCUT2D eigenvalue weighted by Gasteiger charge is 2.21. The third-order valence-electron chi connectivity index (χ3n) is 5.99. The van der Waals surface area contributed by atoms with Crippen molar-refractivity contribution < 1.29 is 17.9 Å². The van der Waals surface area contributed by atoms with E-state index in [1.165, 1.54) is 16.1 Å². The summed E-state index contributed by atoms with van der Waals surface area (Å²) in [5.41, 5.74) is 6.13. The second-order valence-corrected chi connectivity index (χ2v) is 11.0. The molecule has 0 heterocycles. The number of anilines is 1. The van der Waals surface area contributed by atoms with E-state index in [1.807, 2.05) is 64.1 Å². The van der Waals surface area contributed by atoms with Crippen molar-refractivity contribution in [1.82, 2.24) is 5.32 Å². The third-order valence-corrected chi connectivity index (χ3v) is 7.10. The van der Waals surface area contributed by atoms with Crippen LogP contribution in [0.25, 0.3) is 0 Å². The molecule has 0 aromatic heterocycles. The van der Waals surface area contributed by atoms with E-state index in [9.17, 15) is 13.2 Å². The van der Waals surface area contributed by atoms with Gasteiger partial charge in [-0.3, -0.25) is 9.10 Å². The minimum Gasteiger partial charge on any atom is -0.491 e. The fourth-order valence-corrected chi connectivity index (χ4v) is 4.87. The zero-order chi connectivity index (χ0) is 25.8. The molecule has 3 aromatic rings. The first-order valence-corrected chi connectivity index (χ1v) is 13.4. The average Bonchev–Trinajstić information content (AvgIpc) is 2.79. The Kier molecular flexibility index (Phi) is 8.22. The van der Waals surface area contributed by atoms with Crippen LogP contribution in [0.3, 0.4) is 0 Å². The maximum atomic E-state index is 12.7. The molecule has 186 valence electrons. The van der Waals surface area contributed by atoms with E-state index in [0.29, 0.717) is 17.9 Å². The minimum absolute atomic E-state index is 0.187. The van der Waals surface area contributed by atoms with Crippen LogP contribution in [0.4, 0.5) is 5.69 Å². The minimum atomic E-state index is -3.50. The Bertz CT molecular complexity index is 1280. The summed E-state index contributed by atoms with van der Waals surface area (Å²) in [6.45, 7) is 10.3. The summed E-state index contributed by atoms with van der Waals surface area (Å²) in [6, 6.07) is 18.5. The summed E-state index contributed by atoms with van der Waals surface area (Å²) < 4.78 is 32.4. The molecular formula is C28H34N2O4S. The van der Waals surface area contributed by atoms with Gasteiger partial charge in [0.2, 0.25) is 10.0 Å². The number of hydrogen-bond donors (Lipinski definition) is 1. The first kappa shape index (κ1) is 26.3. The van der Waals surface area contributed by atoms with Gasteiger partial charge in [0.15, 0.2) is 0 Å². The lowest BCUT2D eigenvalue weighted by Crippen LogP contribution is -2.36. The lowest BCUT2D eigenvalue weighted by atomic mass is 10.1. The van der Waals surface area contributed by atoms with Crippen molar-refractivity contribution in [3.63, 3.8) is 0 Å². The topological polar surface area (TPSA) is 75.7 Å². The van der Waals surface area contributed by atoms with Gasteiger partial charge in [0, 0.05) is 5.56 Å². The van der Waals surface area contributed by atoms with E-state index >= 15 is 0 Å². The predicted octanol–water partition coefficient (Wildman–Crippen LogP) is 5.08. The van der Waals surface area contributed by atoms with Crippen LogP contribution in [0.15, 0.2) is 60.7 Å². The van der Waals surface area contributed by atoms with E-state index in [-0.39, 0.29) is 18.5 Å². The number of rotatable bonds is 9. The monoisotopic (exact) mass is 494 g/mol. The van der Waals surface area contributed by atoms with Gasteiger partial charge in [0.05, 0.1) is 24.5 Å². The molecule has 0 unspecified atom stereocenters. The van der Waals surface area contributed by atoms with Crippen LogP contribution in [0, 0.1) is 27.7 Å². The van der Waals surface area contributed by atoms with Gasteiger partial charge >= 0.3 is 0 Å². The Labute approximate surface area is 209 Å². The lowest BCUT2D eigenvalue weighted by Gasteiger charge is -2.26. The Morgan fingerprint density at radius 2 is 1.54 bits per heavy atom. The standard InChI is InChI=1S/C28H34N2O4S/c1-19-10-15-26(16-22(19)4)34-18-23(5)29-28(31)25-13-11-24(12-14-25)17-30(35(6,32)33)27-20(2)8-7-9-21(27)3/h7-16,23H,17-18H2,1-6H3,(H,29,31)/t23-/m0/s1. The zero-order valence-electron chi connectivity index (χ0n) is 21.3. The van der Waals surface area contributed by atoms with Gasteiger partial charge in [-0.15, -0.1) is 0 Å². The highest BCUT2D eigenvalue weighted by molar-refractivity contribution is 7.92. The number of aryl methyl sites for hydroxylation is 4. The van der Waals surface area contributed by atoms with Crippen LogP contribution in [-0.4, -0.2) is 33.2 Å². The Morgan fingerprint density at radius 3 is 2.11 bits per heavy atom. The van der Waals surface area contributed by atoms with E-state index in [2.05, 4.69) is 12.2 Å². The third kappa shape index (κ3) is 6.85. The maximum Gasteiger partial charge on any atom is 0.251 e. The van der Waals surface area contributed by atoms with Gasteiger partial charge in [-0.2, -0.15) is 0 Å².